The average Bonchev–Trinajstić information content (AvgIpc) is 3.27. The van der Waals surface area contributed by atoms with Crippen LogP contribution in [0.15, 0.2) is 81.5 Å². The molecule has 2 aromatic carbocycles. The largest absolute Gasteiger partial charge is 0.511 e. The Morgan fingerprint density at radius 1 is 0.971 bits per heavy atom. The number of hydrogen-bond acceptors (Lipinski definition) is 6. The number of aryl methyl sites for hydroxylation is 1. The first-order valence-corrected chi connectivity index (χ1v) is 11.7. The van der Waals surface area contributed by atoms with Crippen LogP contribution < -0.4 is 0 Å². The number of para-hydroxylation sites is 1. The third-order valence-electron chi connectivity index (χ3n) is 6.54. The summed E-state index contributed by atoms with van der Waals surface area (Å²) in [5.74, 6) is 0.601. The molecule has 0 spiro atoms. The maximum Gasteiger partial charge on any atom is 0.168 e. The summed E-state index contributed by atoms with van der Waals surface area (Å²) in [4.78, 5) is 30.2. The fourth-order valence-electron chi connectivity index (χ4n) is 4.86. The van der Waals surface area contributed by atoms with Gasteiger partial charge in [0.05, 0.1) is 28.2 Å². The van der Waals surface area contributed by atoms with E-state index in [-0.39, 0.29) is 29.7 Å². The number of benzene rings is 2. The second-order valence-corrected chi connectivity index (χ2v) is 8.86. The zero-order valence-corrected chi connectivity index (χ0v) is 18.9. The molecule has 3 aromatic rings. The molecule has 6 nitrogen and oxygen atoms in total. The highest BCUT2D eigenvalue weighted by Crippen LogP contribution is 2.35. The second kappa shape index (κ2) is 9.59. The van der Waals surface area contributed by atoms with Crippen molar-refractivity contribution in [3.8, 4) is 0 Å². The van der Waals surface area contributed by atoms with Crippen molar-refractivity contribution in [3.05, 3.63) is 94.6 Å². The van der Waals surface area contributed by atoms with E-state index in [0.29, 0.717) is 60.4 Å². The van der Waals surface area contributed by atoms with Crippen LogP contribution >= 0.6 is 0 Å². The molecule has 2 aliphatic carbocycles. The zero-order valence-electron chi connectivity index (χ0n) is 18.9. The van der Waals surface area contributed by atoms with Crippen molar-refractivity contribution >= 4 is 23.0 Å². The van der Waals surface area contributed by atoms with Crippen molar-refractivity contribution in [3.63, 3.8) is 0 Å². The summed E-state index contributed by atoms with van der Waals surface area (Å²) in [5, 5.41) is 15.0. The van der Waals surface area contributed by atoms with E-state index in [0.717, 1.165) is 17.7 Å². The van der Waals surface area contributed by atoms with E-state index in [1.165, 1.54) is 0 Å². The van der Waals surface area contributed by atoms with E-state index in [1.807, 2.05) is 60.7 Å². The summed E-state index contributed by atoms with van der Waals surface area (Å²) in [6.45, 7) is 0. The van der Waals surface area contributed by atoms with Gasteiger partial charge in [-0.1, -0.05) is 53.7 Å². The first-order chi connectivity index (χ1) is 16.6. The number of aliphatic hydroxyl groups is 1. The molecule has 172 valence electrons. The number of ketones is 2. The molecule has 1 N–H and O–H groups in total. The van der Waals surface area contributed by atoms with Gasteiger partial charge >= 0.3 is 0 Å². The standard InChI is InChI=1S/C28H26N2O4/c31-23-13-7-12-21(29-20-10-5-2-6-11-20)27(23)24(32)15-14-22-28-25(33)16-19(17-26(28)34-30-22)18-8-3-1-4-9-18/h1-6,8-11,19,32H,7,12-17H2/b27-24+,29-21?. The van der Waals surface area contributed by atoms with Gasteiger partial charge in [-0.3, -0.25) is 14.6 Å². The molecule has 1 aromatic heterocycles. The summed E-state index contributed by atoms with van der Waals surface area (Å²) >= 11 is 0. The van der Waals surface area contributed by atoms with E-state index < -0.39 is 0 Å². The Hall–Kier alpha value is -3.80. The molecule has 34 heavy (non-hydrogen) atoms. The van der Waals surface area contributed by atoms with Crippen molar-refractivity contribution < 1.29 is 19.2 Å². The molecule has 2 aliphatic rings. The highest BCUT2D eigenvalue weighted by atomic mass is 16.5. The van der Waals surface area contributed by atoms with E-state index in [9.17, 15) is 14.7 Å². The van der Waals surface area contributed by atoms with Gasteiger partial charge in [-0.2, -0.15) is 0 Å². The average molecular weight is 455 g/mol. The summed E-state index contributed by atoms with van der Waals surface area (Å²) in [7, 11) is 0. The lowest BCUT2D eigenvalue weighted by Gasteiger charge is -2.20. The molecule has 1 heterocycles. The zero-order chi connectivity index (χ0) is 23.5. The SMILES string of the molecule is O=C1CCCC(=Nc2ccccc2)/C1=C(\O)CCc1noc2c1C(=O)CC(c1ccccc1)C2. The lowest BCUT2D eigenvalue weighted by molar-refractivity contribution is -0.115. The Morgan fingerprint density at radius 3 is 2.47 bits per heavy atom. The lowest BCUT2D eigenvalue weighted by Crippen LogP contribution is -2.21. The van der Waals surface area contributed by atoms with Gasteiger partial charge < -0.3 is 9.63 Å². The monoisotopic (exact) mass is 454 g/mol. The molecular weight excluding hydrogens is 428 g/mol. The fourth-order valence-corrected chi connectivity index (χ4v) is 4.86. The van der Waals surface area contributed by atoms with Gasteiger partial charge in [-0.05, 0) is 36.5 Å². The van der Waals surface area contributed by atoms with E-state index in [1.54, 1.807) is 0 Å². The molecule has 0 saturated heterocycles. The van der Waals surface area contributed by atoms with Gasteiger partial charge in [0.1, 0.15) is 11.5 Å². The smallest absolute Gasteiger partial charge is 0.168 e. The number of carbonyl (C=O) groups excluding carboxylic acids is 2. The number of rotatable bonds is 5. The second-order valence-electron chi connectivity index (χ2n) is 8.86. The molecule has 0 aliphatic heterocycles. The number of allylic oxidation sites excluding steroid dienone is 2. The molecule has 1 saturated carbocycles. The van der Waals surface area contributed by atoms with E-state index in [4.69, 9.17) is 4.52 Å². The molecule has 0 radical (unpaired) electrons. The van der Waals surface area contributed by atoms with Crippen molar-refractivity contribution in [1.82, 2.24) is 5.16 Å². The van der Waals surface area contributed by atoms with E-state index >= 15 is 0 Å². The first kappa shape index (κ1) is 22.0. The number of aliphatic hydroxyl groups excluding tert-OH is 1. The highest BCUT2D eigenvalue weighted by Gasteiger charge is 2.33. The van der Waals surface area contributed by atoms with E-state index in [2.05, 4.69) is 10.1 Å². The highest BCUT2D eigenvalue weighted by molar-refractivity contribution is 6.24. The normalized spacial score (nSPS) is 20.9. The van der Waals surface area contributed by atoms with Crippen LogP contribution in [-0.4, -0.2) is 27.5 Å². The van der Waals surface area contributed by atoms with Crippen LogP contribution in [0.1, 0.15) is 65.4 Å². The number of aliphatic imine (C=N–C) groups is 1. The molecule has 0 amide bonds. The van der Waals surface area contributed by atoms with Gasteiger partial charge in [0, 0.05) is 32.1 Å². The maximum atomic E-state index is 13.0. The topological polar surface area (TPSA) is 92.8 Å². The first-order valence-electron chi connectivity index (χ1n) is 11.7. The third-order valence-corrected chi connectivity index (χ3v) is 6.54. The minimum atomic E-state index is -0.0950. The van der Waals surface area contributed by atoms with Crippen LogP contribution in [-0.2, 0) is 17.6 Å². The Bertz CT molecular complexity index is 1270. The van der Waals surface area contributed by atoms with Gasteiger partial charge in [0.25, 0.3) is 0 Å². The van der Waals surface area contributed by atoms with Crippen LogP contribution in [0.25, 0.3) is 0 Å². The van der Waals surface area contributed by atoms with Crippen molar-refractivity contribution in [2.45, 2.75) is 50.9 Å². The number of aromatic nitrogens is 1. The van der Waals surface area contributed by atoms with Crippen LogP contribution in [0, 0.1) is 0 Å². The van der Waals surface area contributed by atoms with Crippen molar-refractivity contribution in [1.29, 1.82) is 0 Å². The Kier molecular flexibility index (Phi) is 6.21. The van der Waals surface area contributed by atoms with Crippen molar-refractivity contribution in [2.75, 3.05) is 0 Å². The molecule has 1 unspecified atom stereocenters. The molecular formula is C28H26N2O4. The van der Waals surface area contributed by atoms with Crippen molar-refractivity contribution in [2.24, 2.45) is 4.99 Å². The number of nitrogens with zero attached hydrogens (tertiary/aromatic N) is 2. The van der Waals surface area contributed by atoms with Gasteiger partial charge in [-0.25, -0.2) is 0 Å². The maximum absolute atomic E-state index is 13.0. The number of Topliss-reactive ketones (excluding diaryl/α,β-unsaturated/α-hetero) is 2. The van der Waals surface area contributed by atoms with Crippen LogP contribution in [0.2, 0.25) is 0 Å². The lowest BCUT2D eigenvalue weighted by atomic mass is 9.81. The predicted octanol–water partition coefficient (Wildman–Crippen LogP) is 5.86. The molecule has 5 rings (SSSR count). The molecule has 1 atom stereocenters. The number of hydrogen-bond donors (Lipinski definition) is 1. The Morgan fingerprint density at radius 2 is 1.71 bits per heavy atom. The molecule has 0 bridgehead atoms. The third kappa shape index (κ3) is 4.49. The quantitative estimate of drug-likeness (QED) is 0.385. The molecule has 6 heteroatoms. The molecule has 1 fully saturated rings. The summed E-state index contributed by atoms with van der Waals surface area (Å²) < 4.78 is 5.55. The summed E-state index contributed by atoms with van der Waals surface area (Å²) in [5.41, 5.74) is 3.87. The predicted molar refractivity (Wildman–Crippen MR) is 129 cm³/mol. The van der Waals surface area contributed by atoms with Crippen LogP contribution in [0.3, 0.4) is 0 Å². The van der Waals surface area contributed by atoms with Gasteiger partial charge in [0.15, 0.2) is 11.6 Å². The fraction of sp³-hybridized carbons (Fsp3) is 0.286. The minimum Gasteiger partial charge on any atom is -0.511 e. The van der Waals surface area contributed by atoms with Crippen LogP contribution in [0.5, 0.6) is 0 Å². The summed E-state index contributed by atoms with van der Waals surface area (Å²) in [6, 6.07) is 19.4. The Labute approximate surface area is 198 Å². The van der Waals surface area contributed by atoms with Gasteiger partial charge in [-0.15, -0.1) is 0 Å². The summed E-state index contributed by atoms with van der Waals surface area (Å²) in [6.07, 6.45) is 3.30. The number of fused-ring (bicyclic) bond motifs is 1. The minimum absolute atomic E-state index is 0.00144. The van der Waals surface area contributed by atoms with Crippen LogP contribution in [0.4, 0.5) is 5.69 Å². The number of carbonyl (C=O) groups is 2. The van der Waals surface area contributed by atoms with Gasteiger partial charge in [0.2, 0.25) is 0 Å². The Balaban J connectivity index is 1.36.